The summed E-state index contributed by atoms with van der Waals surface area (Å²) in [5.41, 5.74) is 4.89. The average Bonchev–Trinajstić information content (AvgIpc) is 3.27. The predicted molar refractivity (Wildman–Crippen MR) is 145 cm³/mol. The first kappa shape index (κ1) is 25.1. The lowest BCUT2D eigenvalue weighted by molar-refractivity contribution is 0.242. The third-order valence-corrected chi connectivity index (χ3v) is 7.51. The fourth-order valence-electron chi connectivity index (χ4n) is 5.60. The van der Waals surface area contributed by atoms with Crippen LogP contribution in [0.4, 0.5) is 0 Å². The molecule has 7 heteroatoms. The zero-order chi connectivity index (χ0) is 25.6. The van der Waals surface area contributed by atoms with Crippen molar-refractivity contribution >= 4 is 11.6 Å². The zero-order valence-corrected chi connectivity index (χ0v) is 21.8. The van der Waals surface area contributed by atoms with E-state index in [0.29, 0.717) is 11.8 Å². The van der Waals surface area contributed by atoms with Gasteiger partial charge in [-0.3, -0.25) is 14.5 Å². The molecule has 4 aromatic rings. The van der Waals surface area contributed by atoms with Gasteiger partial charge in [0.2, 0.25) is 0 Å². The molecule has 0 saturated heterocycles. The number of pyridine rings is 1. The summed E-state index contributed by atoms with van der Waals surface area (Å²) in [6, 6.07) is 25.0. The van der Waals surface area contributed by atoms with Crippen molar-refractivity contribution in [2.45, 2.75) is 64.1 Å². The van der Waals surface area contributed by atoms with E-state index in [4.69, 9.17) is 27.1 Å². The average molecular weight is 511 g/mol. The molecule has 6 rings (SSSR count). The van der Waals surface area contributed by atoms with Crippen molar-refractivity contribution in [3.05, 3.63) is 106 Å². The fourth-order valence-corrected chi connectivity index (χ4v) is 5.79. The minimum Gasteiger partial charge on any atom is -0.286 e. The molecule has 0 radical (unpaired) electrons. The topological polar surface area (TPSA) is 70.6 Å². The van der Waals surface area contributed by atoms with Crippen LogP contribution < -0.4 is 0 Å². The number of benzene rings is 2. The molecule has 3 heterocycles. The molecule has 0 atom stereocenters. The lowest BCUT2D eigenvalue weighted by Gasteiger charge is -2.28. The lowest BCUT2D eigenvalue weighted by atomic mass is 9.78. The van der Waals surface area contributed by atoms with E-state index >= 15 is 0 Å². The number of hydrogen-bond acceptors (Lipinski definition) is 5. The predicted octanol–water partition coefficient (Wildman–Crippen LogP) is 6.80. The number of halogens is 1. The van der Waals surface area contributed by atoms with Crippen LogP contribution in [0.3, 0.4) is 0 Å². The van der Waals surface area contributed by atoms with Crippen LogP contribution in [0.5, 0.6) is 0 Å². The van der Waals surface area contributed by atoms with Crippen LogP contribution in [0.25, 0.3) is 5.69 Å². The Morgan fingerprint density at radius 1 is 0.919 bits per heavy atom. The van der Waals surface area contributed by atoms with Crippen molar-refractivity contribution in [3.8, 4) is 11.8 Å². The highest BCUT2D eigenvalue weighted by atomic mass is 35.5. The summed E-state index contributed by atoms with van der Waals surface area (Å²) in [5.74, 6) is 3.16. The highest BCUT2D eigenvalue weighted by Gasteiger charge is 2.31. The maximum absolute atomic E-state index is 7.32. The Labute approximate surface area is 223 Å². The molecule has 1 aliphatic carbocycles. The second kappa shape index (κ2) is 11.7. The summed E-state index contributed by atoms with van der Waals surface area (Å²) in [5, 5.41) is 17.5. The first-order valence-corrected chi connectivity index (χ1v) is 13.2. The Bertz CT molecular complexity index is 1350. The van der Waals surface area contributed by atoms with Crippen LogP contribution in [-0.4, -0.2) is 24.6 Å². The normalized spacial score (nSPS) is 18.9. The largest absolute Gasteiger partial charge is 0.286 e. The monoisotopic (exact) mass is 510 g/mol. The van der Waals surface area contributed by atoms with Gasteiger partial charge in [0.05, 0.1) is 24.0 Å². The lowest BCUT2D eigenvalue weighted by Crippen LogP contribution is -2.22. The van der Waals surface area contributed by atoms with E-state index < -0.39 is 0 Å². The molecule has 2 aromatic carbocycles. The van der Waals surface area contributed by atoms with Crippen LogP contribution >= 0.6 is 11.6 Å². The van der Waals surface area contributed by atoms with Crippen molar-refractivity contribution in [1.82, 2.24) is 24.6 Å². The maximum Gasteiger partial charge on any atom is 0.151 e. The molecule has 0 spiro atoms. The van der Waals surface area contributed by atoms with Crippen LogP contribution in [0.1, 0.15) is 72.9 Å². The highest BCUT2D eigenvalue weighted by Crippen LogP contribution is 2.41. The molecule has 0 unspecified atom stereocenters. The number of fused-ring (bicyclic) bond motifs is 3. The Hall–Kier alpha value is -3.53. The minimum atomic E-state index is 0.423. The van der Waals surface area contributed by atoms with Crippen LogP contribution in [-0.2, 0) is 19.6 Å². The first-order chi connectivity index (χ1) is 18.2. The minimum absolute atomic E-state index is 0.423. The molecule has 37 heavy (non-hydrogen) atoms. The number of nitrogens with zero attached hydrogens (tertiary/aromatic N) is 6. The van der Waals surface area contributed by atoms with Gasteiger partial charge in [-0.05, 0) is 73.1 Å². The second-order valence-corrected chi connectivity index (χ2v) is 10.2. The highest BCUT2D eigenvalue weighted by molar-refractivity contribution is 6.30. The van der Waals surface area contributed by atoms with E-state index in [2.05, 4.69) is 63.0 Å². The molecule has 0 amide bonds. The van der Waals surface area contributed by atoms with E-state index in [0.717, 1.165) is 60.5 Å². The van der Waals surface area contributed by atoms with Crippen molar-refractivity contribution < 1.29 is 0 Å². The summed E-state index contributed by atoms with van der Waals surface area (Å²) in [6.45, 7) is 3.72. The van der Waals surface area contributed by atoms with Gasteiger partial charge in [0.15, 0.2) is 5.82 Å². The summed E-state index contributed by atoms with van der Waals surface area (Å²) in [7, 11) is 0. The molecule has 2 aliphatic rings. The number of nitriles is 1. The maximum atomic E-state index is 7.32. The van der Waals surface area contributed by atoms with Gasteiger partial charge in [-0.25, -0.2) is 0 Å². The van der Waals surface area contributed by atoms with Gasteiger partial charge in [-0.15, -0.1) is 10.2 Å². The van der Waals surface area contributed by atoms with Crippen molar-refractivity contribution in [1.29, 1.82) is 5.26 Å². The van der Waals surface area contributed by atoms with E-state index in [9.17, 15) is 0 Å². The van der Waals surface area contributed by atoms with Gasteiger partial charge in [0.1, 0.15) is 5.82 Å². The van der Waals surface area contributed by atoms with Gasteiger partial charge < -0.3 is 0 Å². The molecule has 1 fully saturated rings. The van der Waals surface area contributed by atoms with Gasteiger partial charge >= 0.3 is 0 Å². The summed E-state index contributed by atoms with van der Waals surface area (Å²) >= 11 is 6.43. The van der Waals surface area contributed by atoms with Crippen molar-refractivity contribution in [2.75, 3.05) is 0 Å². The Balaban J connectivity index is 0.000000892. The number of aromatic nitrogens is 4. The zero-order valence-electron chi connectivity index (χ0n) is 21.1. The summed E-state index contributed by atoms with van der Waals surface area (Å²) < 4.78 is 2.32. The third-order valence-electron chi connectivity index (χ3n) is 7.27. The molecule has 2 aromatic heterocycles. The quantitative estimate of drug-likeness (QED) is 0.302. The van der Waals surface area contributed by atoms with Crippen LogP contribution in [0.2, 0.25) is 5.02 Å². The standard InChI is InChI=1S/C28H28ClN5.C2H3N/c29-24-13-14-26-23(16-24)17-33(18-25-8-4-5-15-30-25)19-27-31-32-28(34(26)27)22-11-9-21(10-12-22)20-6-2-1-3-7-20;1-2-3/h1-8,13-16,21-22H,9-12,17-19H2;1H3. The molecule has 1 saturated carbocycles. The molecule has 0 bridgehead atoms. The SMILES string of the molecule is CC#N.Clc1ccc2c(c1)CN(Cc1ccccn1)Cc1nnc(C3CCC(c4ccccc4)CC3)n1-2. The Morgan fingerprint density at radius 3 is 2.38 bits per heavy atom. The van der Waals surface area contributed by atoms with Crippen LogP contribution in [0, 0.1) is 11.3 Å². The molecule has 188 valence electrons. The third kappa shape index (κ3) is 5.74. The van der Waals surface area contributed by atoms with E-state index in [1.165, 1.54) is 30.9 Å². The second-order valence-electron chi connectivity index (χ2n) is 9.73. The molecular weight excluding hydrogens is 480 g/mol. The molecule has 6 nitrogen and oxygen atoms in total. The van der Waals surface area contributed by atoms with Gasteiger partial charge in [0.25, 0.3) is 0 Å². The van der Waals surface area contributed by atoms with E-state index in [-0.39, 0.29) is 0 Å². The molecule has 0 N–H and O–H groups in total. The Morgan fingerprint density at radius 2 is 1.65 bits per heavy atom. The fraction of sp³-hybridized carbons (Fsp3) is 0.333. The molecular formula is C30H31ClN6. The Kier molecular flexibility index (Phi) is 7.93. The summed E-state index contributed by atoms with van der Waals surface area (Å²) in [6.07, 6.45) is 6.51. The number of rotatable bonds is 4. The first-order valence-electron chi connectivity index (χ1n) is 12.9. The van der Waals surface area contributed by atoms with Crippen molar-refractivity contribution in [3.63, 3.8) is 0 Å². The van der Waals surface area contributed by atoms with Gasteiger partial charge in [-0.1, -0.05) is 48.0 Å². The van der Waals surface area contributed by atoms with Crippen molar-refractivity contribution in [2.24, 2.45) is 0 Å². The summed E-state index contributed by atoms with van der Waals surface area (Å²) in [4.78, 5) is 6.91. The van der Waals surface area contributed by atoms with E-state index in [1.807, 2.05) is 24.4 Å². The molecule has 1 aliphatic heterocycles. The van der Waals surface area contributed by atoms with Gasteiger partial charge in [0, 0.05) is 37.2 Å². The number of hydrogen-bond donors (Lipinski definition) is 0. The van der Waals surface area contributed by atoms with Crippen LogP contribution in [0.15, 0.2) is 72.9 Å². The van der Waals surface area contributed by atoms with Gasteiger partial charge in [-0.2, -0.15) is 5.26 Å². The smallest absolute Gasteiger partial charge is 0.151 e. The van der Waals surface area contributed by atoms with E-state index in [1.54, 1.807) is 6.07 Å².